The third kappa shape index (κ3) is 4.32. The van der Waals surface area contributed by atoms with Gasteiger partial charge in [-0.25, -0.2) is 4.68 Å². The van der Waals surface area contributed by atoms with Crippen molar-refractivity contribution >= 4 is 11.7 Å². The SMILES string of the molecule is CCC(CC)n1ncc(C)c1NC(=O)[C@H]1CCN(CCOC)C1. The van der Waals surface area contributed by atoms with Crippen molar-refractivity contribution in [3.05, 3.63) is 11.8 Å². The Bertz CT molecular complexity index is 511. The first kappa shape index (κ1) is 17.9. The van der Waals surface area contributed by atoms with Gasteiger partial charge in [0.1, 0.15) is 5.82 Å². The second-order valence-electron chi connectivity index (χ2n) is 6.36. The first-order valence-corrected chi connectivity index (χ1v) is 8.66. The molecular formula is C17H30N4O2. The minimum atomic E-state index is 0.0521. The van der Waals surface area contributed by atoms with E-state index < -0.39 is 0 Å². The smallest absolute Gasteiger partial charge is 0.229 e. The molecule has 1 atom stereocenters. The summed E-state index contributed by atoms with van der Waals surface area (Å²) in [5.41, 5.74) is 1.03. The number of carbonyl (C=O) groups excluding carboxylic acids is 1. The summed E-state index contributed by atoms with van der Waals surface area (Å²) < 4.78 is 7.09. The van der Waals surface area contributed by atoms with Crippen LogP contribution in [0.3, 0.4) is 0 Å². The van der Waals surface area contributed by atoms with Gasteiger partial charge in [0.25, 0.3) is 0 Å². The summed E-state index contributed by atoms with van der Waals surface area (Å²) in [4.78, 5) is 14.9. The summed E-state index contributed by atoms with van der Waals surface area (Å²) in [6.07, 6.45) is 4.77. The maximum absolute atomic E-state index is 12.6. The molecule has 0 aliphatic carbocycles. The zero-order valence-electron chi connectivity index (χ0n) is 14.8. The van der Waals surface area contributed by atoms with Gasteiger partial charge < -0.3 is 15.0 Å². The van der Waals surface area contributed by atoms with Crippen LogP contribution in [0.25, 0.3) is 0 Å². The second-order valence-corrected chi connectivity index (χ2v) is 6.36. The van der Waals surface area contributed by atoms with Gasteiger partial charge >= 0.3 is 0 Å². The highest BCUT2D eigenvalue weighted by Crippen LogP contribution is 2.25. The molecule has 1 aliphatic rings. The van der Waals surface area contributed by atoms with E-state index in [0.717, 1.165) is 56.9 Å². The lowest BCUT2D eigenvalue weighted by Crippen LogP contribution is -2.30. The van der Waals surface area contributed by atoms with Crippen LogP contribution in [0.15, 0.2) is 6.20 Å². The number of nitrogens with one attached hydrogen (secondary N) is 1. The highest BCUT2D eigenvalue weighted by Gasteiger charge is 2.29. The number of hydrogen-bond donors (Lipinski definition) is 1. The van der Waals surface area contributed by atoms with E-state index in [0.29, 0.717) is 6.04 Å². The van der Waals surface area contributed by atoms with Crippen LogP contribution in [-0.2, 0) is 9.53 Å². The Hall–Kier alpha value is -1.40. The van der Waals surface area contributed by atoms with E-state index in [1.54, 1.807) is 7.11 Å². The van der Waals surface area contributed by atoms with Gasteiger partial charge in [-0.3, -0.25) is 4.79 Å². The molecule has 0 radical (unpaired) electrons. The van der Waals surface area contributed by atoms with Gasteiger partial charge in [0.05, 0.1) is 24.8 Å². The molecule has 1 N–H and O–H groups in total. The minimum Gasteiger partial charge on any atom is -0.383 e. The molecule has 1 amide bonds. The number of nitrogens with zero attached hydrogens (tertiary/aromatic N) is 3. The molecule has 1 aromatic heterocycles. The van der Waals surface area contributed by atoms with Crippen molar-refractivity contribution in [2.24, 2.45) is 5.92 Å². The fourth-order valence-corrected chi connectivity index (χ4v) is 3.20. The van der Waals surface area contributed by atoms with Gasteiger partial charge in [-0.15, -0.1) is 0 Å². The quantitative estimate of drug-likeness (QED) is 0.799. The predicted octanol–water partition coefficient (Wildman–Crippen LogP) is 2.46. The average molecular weight is 322 g/mol. The number of ether oxygens (including phenoxy) is 1. The van der Waals surface area contributed by atoms with Crippen LogP contribution in [0.5, 0.6) is 0 Å². The molecule has 0 unspecified atom stereocenters. The van der Waals surface area contributed by atoms with Crippen LogP contribution in [0.2, 0.25) is 0 Å². The number of carbonyl (C=O) groups is 1. The van der Waals surface area contributed by atoms with E-state index in [-0.39, 0.29) is 11.8 Å². The van der Waals surface area contributed by atoms with Crippen molar-refractivity contribution < 1.29 is 9.53 Å². The van der Waals surface area contributed by atoms with Crippen LogP contribution >= 0.6 is 0 Å². The zero-order valence-corrected chi connectivity index (χ0v) is 14.8. The highest BCUT2D eigenvalue weighted by atomic mass is 16.5. The van der Waals surface area contributed by atoms with E-state index in [2.05, 4.69) is 29.2 Å². The molecular weight excluding hydrogens is 292 g/mol. The molecule has 2 heterocycles. The molecule has 0 spiro atoms. The number of aromatic nitrogens is 2. The summed E-state index contributed by atoms with van der Waals surface area (Å²) in [6, 6.07) is 0.334. The van der Waals surface area contributed by atoms with Crippen molar-refractivity contribution in [1.82, 2.24) is 14.7 Å². The molecule has 0 bridgehead atoms. The lowest BCUT2D eigenvalue weighted by Gasteiger charge is -2.19. The maximum atomic E-state index is 12.6. The van der Waals surface area contributed by atoms with E-state index in [1.165, 1.54) is 0 Å². The third-order valence-electron chi connectivity index (χ3n) is 4.76. The van der Waals surface area contributed by atoms with Gasteiger partial charge in [-0.05, 0) is 32.7 Å². The number of aryl methyl sites for hydroxylation is 1. The van der Waals surface area contributed by atoms with E-state index in [9.17, 15) is 4.79 Å². The molecule has 23 heavy (non-hydrogen) atoms. The fourth-order valence-electron chi connectivity index (χ4n) is 3.20. The Morgan fingerprint density at radius 3 is 2.87 bits per heavy atom. The van der Waals surface area contributed by atoms with Crippen molar-refractivity contribution in [3.8, 4) is 0 Å². The van der Waals surface area contributed by atoms with Crippen LogP contribution in [0.1, 0.15) is 44.7 Å². The normalized spacial score (nSPS) is 18.7. The molecule has 6 nitrogen and oxygen atoms in total. The summed E-state index contributed by atoms with van der Waals surface area (Å²) in [5.74, 6) is 1.02. The number of likely N-dealkylation sites (tertiary alicyclic amines) is 1. The molecule has 1 saturated heterocycles. The number of amides is 1. The van der Waals surface area contributed by atoms with Crippen LogP contribution in [0.4, 0.5) is 5.82 Å². The Morgan fingerprint density at radius 2 is 2.22 bits per heavy atom. The fraction of sp³-hybridized carbons (Fsp3) is 0.765. The standard InChI is InChI=1S/C17H30N4O2/c1-5-15(6-2)21-16(13(3)11-18-21)19-17(22)14-7-8-20(12-14)9-10-23-4/h11,14-15H,5-10,12H2,1-4H3,(H,19,22)/t14-/m0/s1. The zero-order chi connectivity index (χ0) is 16.8. The average Bonchev–Trinajstić information content (AvgIpc) is 3.16. The predicted molar refractivity (Wildman–Crippen MR) is 91.6 cm³/mol. The van der Waals surface area contributed by atoms with Gasteiger partial charge in [0, 0.05) is 25.8 Å². The topological polar surface area (TPSA) is 59.4 Å². The highest BCUT2D eigenvalue weighted by molar-refractivity contribution is 5.92. The Kier molecular flexibility index (Phi) is 6.59. The van der Waals surface area contributed by atoms with Crippen molar-refractivity contribution in [2.45, 2.75) is 46.1 Å². The molecule has 1 aromatic rings. The number of anilines is 1. The molecule has 1 fully saturated rings. The first-order valence-electron chi connectivity index (χ1n) is 8.66. The third-order valence-corrected chi connectivity index (χ3v) is 4.76. The van der Waals surface area contributed by atoms with Crippen molar-refractivity contribution in [3.63, 3.8) is 0 Å². The summed E-state index contributed by atoms with van der Waals surface area (Å²) >= 11 is 0. The van der Waals surface area contributed by atoms with Crippen LogP contribution < -0.4 is 5.32 Å². The Labute approximate surface area is 139 Å². The van der Waals surface area contributed by atoms with Gasteiger partial charge in [-0.1, -0.05) is 13.8 Å². The van der Waals surface area contributed by atoms with Crippen LogP contribution in [0, 0.1) is 12.8 Å². The van der Waals surface area contributed by atoms with Gasteiger partial charge in [0.15, 0.2) is 0 Å². The van der Waals surface area contributed by atoms with Crippen molar-refractivity contribution in [1.29, 1.82) is 0 Å². The van der Waals surface area contributed by atoms with E-state index >= 15 is 0 Å². The van der Waals surface area contributed by atoms with Crippen molar-refractivity contribution in [2.75, 3.05) is 38.7 Å². The molecule has 130 valence electrons. The van der Waals surface area contributed by atoms with Crippen LogP contribution in [-0.4, -0.2) is 53.9 Å². The summed E-state index contributed by atoms with van der Waals surface area (Å²) in [7, 11) is 1.71. The first-order chi connectivity index (χ1) is 11.1. The monoisotopic (exact) mass is 322 g/mol. The van der Waals surface area contributed by atoms with Gasteiger partial charge in [-0.2, -0.15) is 5.10 Å². The number of methoxy groups -OCH3 is 1. The molecule has 0 saturated carbocycles. The Morgan fingerprint density at radius 1 is 1.48 bits per heavy atom. The number of rotatable bonds is 8. The molecule has 6 heteroatoms. The minimum absolute atomic E-state index is 0.0521. The lowest BCUT2D eigenvalue weighted by molar-refractivity contribution is -0.119. The molecule has 0 aromatic carbocycles. The largest absolute Gasteiger partial charge is 0.383 e. The molecule has 1 aliphatic heterocycles. The summed E-state index contributed by atoms with van der Waals surface area (Å²) in [5, 5.41) is 7.60. The van der Waals surface area contributed by atoms with E-state index in [1.807, 2.05) is 17.8 Å². The maximum Gasteiger partial charge on any atom is 0.229 e. The lowest BCUT2D eigenvalue weighted by atomic mass is 10.1. The number of hydrogen-bond acceptors (Lipinski definition) is 4. The molecule has 2 rings (SSSR count). The van der Waals surface area contributed by atoms with E-state index in [4.69, 9.17) is 4.74 Å². The Balaban J connectivity index is 2.00. The summed E-state index contributed by atoms with van der Waals surface area (Å²) in [6.45, 7) is 9.70. The van der Waals surface area contributed by atoms with Gasteiger partial charge in [0.2, 0.25) is 5.91 Å². The second kappa shape index (κ2) is 8.45.